The van der Waals surface area contributed by atoms with Crippen molar-refractivity contribution in [1.29, 1.82) is 0 Å². The maximum absolute atomic E-state index is 13.1. The smallest absolute Gasteiger partial charge is 0.149 e. The van der Waals surface area contributed by atoms with Crippen LogP contribution in [-0.4, -0.2) is 41.6 Å². The lowest BCUT2D eigenvalue weighted by atomic mass is 9.94. The minimum Gasteiger partial charge on any atom is -0.383 e. The molecule has 0 spiro atoms. The van der Waals surface area contributed by atoms with Crippen LogP contribution in [0.5, 0.6) is 0 Å². The van der Waals surface area contributed by atoms with E-state index in [0.29, 0.717) is 12.5 Å². The fourth-order valence-corrected chi connectivity index (χ4v) is 3.13. The molecule has 1 saturated heterocycles. The molecule has 25 heavy (non-hydrogen) atoms. The first-order chi connectivity index (χ1) is 12.2. The maximum atomic E-state index is 13.1. The van der Waals surface area contributed by atoms with Gasteiger partial charge in [0.2, 0.25) is 0 Å². The van der Waals surface area contributed by atoms with Crippen LogP contribution in [-0.2, 0) is 11.3 Å². The summed E-state index contributed by atoms with van der Waals surface area (Å²) in [5.41, 5.74) is 7.56. The molecule has 8 heteroatoms. The quantitative estimate of drug-likeness (QED) is 0.665. The molecule has 0 radical (unpaired) electrons. The Balaban J connectivity index is 1.58. The summed E-state index contributed by atoms with van der Waals surface area (Å²) in [7, 11) is 1.68. The van der Waals surface area contributed by atoms with E-state index in [9.17, 15) is 4.39 Å². The summed E-state index contributed by atoms with van der Waals surface area (Å²) in [6.07, 6.45) is 1.73. The van der Waals surface area contributed by atoms with Crippen LogP contribution in [0.15, 0.2) is 30.6 Å². The second-order valence-electron chi connectivity index (χ2n) is 6.32. The largest absolute Gasteiger partial charge is 0.383 e. The molecule has 0 amide bonds. The molecule has 1 aromatic heterocycles. The summed E-state index contributed by atoms with van der Waals surface area (Å²) in [5, 5.41) is 11.8. The van der Waals surface area contributed by atoms with E-state index in [2.05, 4.69) is 33.3 Å². The molecule has 1 fully saturated rings. The molecule has 3 atom stereocenters. The van der Waals surface area contributed by atoms with Crippen LogP contribution < -0.4 is 16.2 Å². The van der Waals surface area contributed by atoms with Crippen molar-refractivity contribution in [2.24, 2.45) is 5.92 Å². The van der Waals surface area contributed by atoms with Gasteiger partial charge in [-0.05, 0) is 24.6 Å². The summed E-state index contributed by atoms with van der Waals surface area (Å²) in [6, 6.07) is 6.89. The zero-order valence-electron chi connectivity index (χ0n) is 14.6. The highest BCUT2D eigenvalue weighted by Crippen LogP contribution is 2.25. The minimum absolute atomic E-state index is 0.0776. The molecule has 3 rings (SSSR count). The number of methoxy groups -OCH3 is 1. The first kappa shape index (κ1) is 17.9. The second kappa shape index (κ2) is 8.48. The average molecular weight is 348 g/mol. The molecule has 1 aliphatic heterocycles. The number of nitrogens with zero attached hydrogens (tertiary/aromatic N) is 3. The van der Waals surface area contributed by atoms with Gasteiger partial charge in [-0.3, -0.25) is 5.43 Å². The van der Waals surface area contributed by atoms with Crippen LogP contribution in [0, 0.1) is 11.7 Å². The second-order valence-corrected chi connectivity index (χ2v) is 6.32. The molecular weight excluding hydrogens is 323 g/mol. The predicted molar refractivity (Wildman–Crippen MR) is 92.1 cm³/mol. The lowest BCUT2D eigenvalue weighted by Crippen LogP contribution is -2.31. The first-order valence-electron chi connectivity index (χ1n) is 8.53. The van der Waals surface area contributed by atoms with Crippen molar-refractivity contribution in [3.05, 3.63) is 47.8 Å². The minimum atomic E-state index is -0.214. The Bertz CT molecular complexity index is 661. The standard InChI is InChI=1S/C17H25FN6O/c1-12(17-23-21-11-24(17)7-8-25-2)19-9-14-10-20-22-16(14)13-3-5-15(18)6-4-13/h3-6,11-12,14,16,19-20,22H,7-10H2,1-2H3. The predicted octanol–water partition coefficient (Wildman–Crippen LogP) is 1.18. The van der Waals surface area contributed by atoms with E-state index >= 15 is 0 Å². The summed E-state index contributed by atoms with van der Waals surface area (Å²) >= 11 is 0. The SMILES string of the molecule is COCCn1cnnc1C(C)NCC1CNNC1c1ccc(F)cc1. The third-order valence-corrected chi connectivity index (χ3v) is 4.58. The van der Waals surface area contributed by atoms with E-state index in [4.69, 9.17) is 4.74 Å². The Labute approximate surface area is 146 Å². The van der Waals surface area contributed by atoms with Gasteiger partial charge in [-0.15, -0.1) is 10.2 Å². The van der Waals surface area contributed by atoms with E-state index in [1.54, 1.807) is 13.4 Å². The highest BCUT2D eigenvalue weighted by atomic mass is 19.1. The summed E-state index contributed by atoms with van der Waals surface area (Å²) < 4.78 is 20.3. The van der Waals surface area contributed by atoms with Crippen molar-refractivity contribution in [1.82, 2.24) is 30.9 Å². The zero-order chi connectivity index (χ0) is 17.6. The molecule has 1 aromatic carbocycles. The molecule has 0 bridgehead atoms. The third-order valence-electron chi connectivity index (χ3n) is 4.58. The van der Waals surface area contributed by atoms with Crippen LogP contribution >= 0.6 is 0 Å². The molecule has 2 aromatic rings. The summed E-state index contributed by atoms with van der Waals surface area (Å²) in [4.78, 5) is 0. The van der Waals surface area contributed by atoms with Crippen LogP contribution in [0.3, 0.4) is 0 Å². The van der Waals surface area contributed by atoms with Gasteiger partial charge in [0.1, 0.15) is 18.0 Å². The maximum Gasteiger partial charge on any atom is 0.149 e. The molecule has 7 nitrogen and oxygen atoms in total. The molecule has 3 unspecified atom stereocenters. The molecule has 136 valence electrons. The lowest BCUT2D eigenvalue weighted by Gasteiger charge is -2.22. The number of hydrogen-bond acceptors (Lipinski definition) is 6. The van der Waals surface area contributed by atoms with Gasteiger partial charge in [-0.1, -0.05) is 12.1 Å². The van der Waals surface area contributed by atoms with E-state index in [1.807, 2.05) is 16.7 Å². The molecule has 2 heterocycles. The van der Waals surface area contributed by atoms with Gasteiger partial charge in [0.25, 0.3) is 0 Å². The Morgan fingerprint density at radius 3 is 2.96 bits per heavy atom. The van der Waals surface area contributed by atoms with Gasteiger partial charge >= 0.3 is 0 Å². The van der Waals surface area contributed by atoms with Gasteiger partial charge in [0.05, 0.1) is 18.7 Å². The fourth-order valence-electron chi connectivity index (χ4n) is 3.13. The van der Waals surface area contributed by atoms with Crippen LogP contribution in [0.1, 0.15) is 30.4 Å². The Hall–Kier alpha value is -1.87. The lowest BCUT2D eigenvalue weighted by molar-refractivity contribution is 0.185. The number of aromatic nitrogens is 3. The van der Waals surface area contributed by atoms with E-state index in [-0.39, 0.29) is 17.9 Å². The first-order valence-corrected chi connectivity index (χ1v) is 8.53. The van der Waals surface area contributed by atoms with Crippen molar-refractivity contribution >= 4 is 0 Å². The monoisotopic (exact) mass is 348 g/mol. The molecule has 1 aliphatic rings. The van der Waals surface area contributed by atoms with Gasteiger partial charge < -0.3 is 14.6 Å². The number of halogens is 1. The fraction of sp³-hybridized carbons (Fsp3) is 0.529. The number of hydrazine groups is 1. The summed E-state index contributed by atoms with van der Waals surface area (Å²) in [5.74, 6) is 1.03. The van der Waals surface area contributed by atoms with Crippen molar-refractivity contribution in [2.75, 3.05) is 26.8 Å². The summed E-state index contributed by atoms with van der Waals surface area (Å²) in [6.45, 7) is 5.09. The van der Waals surface area contributed by atoms with E-state index < -0.39 is 0 Å². The molecule has 0 saturated carbocycles. The highest BCUT2D eigenvalue weighted by Gasteiger charge is 2.28. The number of hydrogen-bond donors (Lipinski definition) is 3. The van der Waals surface area contributed by atoms with Crippen molar-refractivity contribution in [3.8, 4) is 0 Å². The molecule has 0 aliphatic carbocycles. The van der Waals surface area contributed by atoms with Crippen LogP contribution in [0.4, 0.5) is 4.39 Å². The topological polar surface area (TPSA) is 76.0 Å². The van der Waals surface area contributed by atoms with Crippen molar-refractivity contribution < 1.29 is 9.13 Å². The van der Waals surface area contributed by atoms with Crippen LogP contribution in [0.2, 0.25) is 0 Å². The van der Waals surface area contributed by atoms with Gasteiger partial charge in [0.15, 0.2) is 0 Å². The molecular formula is C17H25FN6O. The van der Waals surface area contributed by atoms with Crippen molar-refractivity contribution in [3.63, 3.8) is 0 Å². The number of nitrogens with one attached hydrogen (secondary N) is 3. The third kappa shape index (κ3) is 4.40. The number of ether oxygens (including phenoxy) is 1. The Morgan fingerprint density at radius 2 is 2.20 bits per heavy atom. The van der Waals surface area contributed by atoms with Crippen molar-refractivity contribution in [2.45, 2.75) is 25.6 Å². The van der Waals surface area contributed by atoms with Gasteiger partial charge in [-0.2, -0.15) is 0 Å². The van der Waals surface area contributed by atoms with Gasteiger partial charge in [-0.25, -0.2) is 9.82 Å². The highest BCUT2D eigenvalue weighted by molar-refractivity contribution is 5.21. The van der Waals surface area contributed by atoms with Crippen LogP contribution in [0.25, 0.3) is 0 Å². The van der Waals surface area contributed by atoms with E-state index in [0.717, 1.165) is 31.0 Å². The van der Waals surface area contributed by atoms with E-state index in [1.165, 1.54) is 12.1 Å². The molecule has 3 N–H and O–H groups in total. The average Bonchev–Trinajstić information content (AvgIpc) is 3.27. The van der Waals surface area contributed by atoms with Gasteiger partial charge in [0, 0.05) is 32.7 Å². The Kier molecular flexibility index (Phi) is 6.09. The number of benzene rings is 1. The zero-order valence-corrected chi connectivity index (χ0v) is 14.6. The Morgan fingerprint density at radius 1 is 1.40 bits per heavy atom. The number of rotatable bonds is 8. The normalized spacial score (nSPS) is 21.6.